The number of halogens is 2. The third kappa shape index (κ3) is 8.36. The van der Waals surface area contributed by atoms with Gasteiger partial charge in [0, 0.05) is 29.1 Å². The standard InChI is InChI=1S/C37H39Cl2N3O4S/c1-26-12-11-19-34(27(26)2)42(47(45,46)32-17-7-4-8-18-32)25-36(43)41(24-29-20-21-30(38)23-33(29)39)35(22-28-13-5-3-6-14-28)37(44)40-31-15-9-10-16-31/h3-8,11-14,17-21,23,31,35H,9-10,15-16,22,24-25H2,1-2H3,(H,40,44)/t35-/m1/s1. The minimum atomic E-state index is -4.19. The van der Waals surface area contributed by atoms with Crippen LogP contribution < -0.4 is 9.62 Å². The summed E-state index contributed by atoms with van der Waals surface area (Å²) in [6.07, 6.45) is 4.02. The van der Waals surface area contributed by atoms with Crippen LogP contribution in [-0.4, -0.2) is 43.8 Å². The Morgan fingerprint density at radius 3 is 2.19 bits per heavy atom. The molecule has 1 N–H and O–H groups in total. The van der Waals surface area contributed by atoms with Crippen LogP contribution in [0, 0.1) is 13.8 Å². The summed E-state index contributed by atoms with van der Waals surface area (Å²) >= 11 is 12.8. The number of aryl methyl sites for hydroxylation is 1. The fourth-order valence-electron chi connectivity index (χ4n) is 5.99. The average molecular weight is 693 g/mol. The van der Waals surface area contributed by atoms with Gasteiger partial charge in [-0.25, -0.2) is 8.42 Å². The fourth-order valence-corrected chi connectivity index (χ4v) is 7.95. The summed E-state index contributed by atoms with van der Waals surface area (Å²) < 4.78 is 29.7. The Morgan fingerprint density at radius 1 is 0.872 bits per heavy atom. The summed E-state index contributed by atoms with van der Waals surface area (Å²) in [5.41, 5.74) is 3.45. The Bertz CT molecular complexity index is 1810. The van der Waals surface area contributed by atoms with Crippen molar-refractivity contribution in [1.82, 2.24) is 10.2 Å². The number of anilines is 1. The molecular formula is C37H39Cl2N3O4S. The molecule has 246 valence electrons. The van der Waals surface area contributed by atoms with Crippen molar-refractivity contribution >= 4 is 50.7 Å². The third-order valence-electron chi connectivity index (χ3n) is 8.78. The Balaban J connectivity index is 1.60. The lowest BCUT2D eigenvalue weighted by atomic mass is 10.0. The molecule has 47 heavy (non-hydrogen) atoms. The maximum absolute atomic E-state index is 14.7. The second kappa shape index (κ2) is 15.4. The lowest BCUT2D eigenvalue weighted by molar-refractivity contribution is -0.140. The number of hydrogen-bond donors (Lipinski definition) is 1. The van der Waals surface area contributed by atoms with Gasteiger partial charge < -0.3 is 10.2 Å². The van der Waals surface area contributed by atoms with Crippen LogP contribution in [0.3, 0.4) is 0 Å². The summed E-state index contributed by atoms with van der Waals surface area (Å²) in [5, 5.41) is 3.96. The normalized spacial score (nSPS) is 14.0. The molecule has 1 saturated carbocycles. The molecule has 0 aliphatic heterocycles. The lowest BCUT2D eigenvalue weighted by Gasteiger charge is -2.35. The van der Waals surface area contributed by atoms with E-state index >= 15 is 0 Å². The minimum absolute atomic E-state index is 0.0155. The molecule has 10 heteroatoms. The molecule has 0 unspecified atom stereocenters. The largest absolute Gasteiger partial charge is 0.352 e. The zero-order valence-electron chi connectivity index (χ0n) is 26.5. The van der Waals surface area contributed by atoms with E-state index in [1.165, 1.54) is 17.0 Å². The van der Waals surface area contributed by atoms with Crippen molar-refractivity contribution in [3.63, 3.8) is 0 Å². The number of nitrogens with one attached hydrogen (secondary N) is 1. The maximum atomic E-state index is 14.7. The fraction of sp³-hybridized carbons (Fsp3) is 0.297. The number of nitrogens with zero attached hydrogens (tertiary/aromatic N) is 2. The maximum Gasteiger partial charge on any atom is 0.264 e. The monoisotopic (exact) mass is 691 g/mol. The summed E-state index contributed by atoms with van der Waals surface area (Å²) in [7, 11) is -4.19. The number of benzene rings is 4. The van der Waals surface area contributed by atoms with Crippen molar-refractivity contribution in [2.24, 2.45) is 0 Å². The molecule has 1 aliphatic carbocycles. The first-order valence-electron chi connectivity index (χ1n) is 15.8. The Kier molecular flexibility index (Phi) is 11.3. The molecule has 0 saturated heterocycles. The zero-order valence-corrected chi connectivity index (χ0v) is 28.9. The van der Waals surface area contributed by atoms with E-state index in [0.29, 0.717) is 21.3 Å². The molecule has 0 aromatic heterocycles. The Hall–Kier alpha value is -3.85. The van der Waals surface area contributed by atoms with E-state index in [4.69, 9.17) is 23.2 Å². The second-order valence-corrected chi connectivity index (χ2v) is 14.7. The highest BCUT2D eigenvalue weighted by Gasteiger charge is 2.36. The summed E-state index contributed by atoms with van der Waals surface area (Å²) in [6, 6.07) is 27.0. The van der Waals surface area contributed by atoms with Gasteiger partial charge in [-0.05, 0) is 79.3 Å². The second-order valence-electron chi connectivity index (χ2n) is 12.0. The first-order valence-corrected chi connectivity index (χ1v) is 18.0. The summed E-state index contributed by atoms with van der Waals surface area (Å²) in [6.45, 7) is 3.17. The van der Waals surface area contributed by atoms with Crippen LogP contribution in [0.15, 0.2) is 102 Å². The van der Waals surface area contributed by atoms with Crippen LogP contribution in [-0.2, 0) is 32.6 Å². The summed E-state index contributed by atoms with van der Waals surface area (Å²) in [4.78, 5) is 30.4. The van der Waals surface area contributed by atoms with Crippen molar-refractivity contribution in [3.8, 4) is 0 Å². The van der Waals surface area contributed by atoms with Crippen molar-refractivity contribution in [2.45, 2.75) is 69.5 Å². The third-order valence-corrected chi connectivity index (χ3v) is 11.1. The molecule has 4 aromatic rings. The molecule has 4 aromatic carbocycles. The van der Waals surface area contributed by atoms with E-state index in [0.717, 1.165) is 46.7 Å². The highest BCUT2D eigenvalue weighted by Crippen LogP contribution is 2.30. The van der Waals surface area contributed by atoms with Gasteiger partial charge in [-0.15, -0.1) is 0 Å². The smallest absolute Gasteiger partial charge is 0.264 e. The molecule has 0 bridgehead atoms. The molecule has 0 radical (unpaired) electrons. The van der Waals surface area contributed by atoms with Crippen LogP contribution in [0.1, 0.15) is 47.9 Å². The van der Waals surface area contributed by atoms with Gasteiger partial charge in [-0.2, -0.15) is 0 Å². The lowest BCUT2D eigenvalue weighted by Crippen LogP contribution is -2.54. The highest BCUT2D eigenvalue weighted by molar-refractivity contribution is 7.92. The van der Waals surface area contributed by atoms with E-state index in [1.807, 2.05) is 50.2 Å². The van der Waals surface area contributed by atoms with Gasteiger partial charge in [0.05, 0.1) is 10.6 Å². The average Bonchev–Trinajstić information content (AvgIpc) is 3.57. The van der Waals surface area contributed by atoms with Crippen LogP contribution in [0.2, 0.25) is 10.0 Å². The van der Waals surface area contributed by atoms with E-state index in [-0.39, 0.29) is 29.8 Å². The van der Waals surface area contributed by atoms with E-state index < -0.39 is 28.5 Å². The predicted molar refractivity (Wildman–Crippen MR) is 188 cm³/mol. The Morgan fingerprint density at radius 2 is 1.53 bits per heavy atom. The van der Waals surface area contributed by atoms with Gasteiger partial charge in [-0.1, -0.05) is 103 Å². The van der Waals surface area contributed by atoms with Gasteiger partial charge in [0.2, 0.25) is 11.8 Å². The van der Waals surface area contributed by atoms with E-state index in [1.54, 1.807) is 48.5 Å². The minimum Gasteiger partial charge on any atom is -0.352 e. The van der Waals surface area contributed by atoms with Gasteiger partial charge in [0.15, 0.2) is 0 Å². The van der Waals surface area contributed by atoms with Gasteiger partial charge in [-0.3, -0.25) is 13.9 Å². The predicted octanol–water partition coefficient (Wildman–Crippen LogP) is 7.50. The summed E-state index contributed by atoms with van der Waals surface area (Å²) in [5.74, 6) is -0.831. The van der Waals surface area contributed by atoms with Crippen molar-refractivity contribution < 1.29 is 18.0 Å². The van der Waals surface area contributed by atoms with Gasteiger partial charge >= 0.3 is 0 Å². The van der Waals surface area contributed by atoms with Gasteiger partial charge in [0.25, 0.3) is 10.0 Å². The van der Waals surface area contributed by atoms with Crippen molar-refractivity contribution in [3.05, 3.63) is 129 Å². The van der Waals surface area contributed by atoms with Crippen LogP contribution in [0.25, 0.3) is 0 Å². The number of rotatable bonds is 12. The Labute approximate surface area is 287 Å². The molecule has 5 rings (SSSR count). The number of hydrogen-bond acceptors (Lipinski definition) is 4. The van der Waals surface area contributed by atoms with Crippen LogP contribution in [0.5, 0.6) is 0 Å². The van der Waals surface area contributed by atoms with Gasteiger partial charge in [0.1, 0.15) is 12.6 Å². The highest BCUT2D eigenvalue weighted by atomic mass is 35.5. The van der Waals surface area contributed by atoms with Crippen LogP contribution in [0.4, 0.5) is 5.69 Å². The first kappa shape index (κ1) is 34.5. The van der Waals surface area contributed by atoms with E-state index in [2.05, 4.69) is 5.32 Å². The molecule has 1 aliphatic rings. The number of sulfonamides is 1. The molecule has 0 spiro atoms. The zero-order chi connectivity index (χ0) is 33.6. The molecule has 7 nitrogen and oxygen atoms in total. The molecule has 1 atom stereocenters. The van der Waals surface area contributed by atoms with Crippen molar-refractivity contribution in [1.29, 1.82) is 0 Å². The quantitative estimate of drug-likeness (QED) is 0.167. The van der Waals surface area contributed by atoms with Crippen LogP contribution >= 0.6 is 23.2 Å². The van der Waals surface area contributed by atoms with Crippen molar-refractivity contribution in [2.75, 3.05) is 10.8 Å². The molecular weight excluding hydrogens is 653 g/mol. The first-order chi connectivity index (χ1) is 22.5. The van der Waals surface area contributed by atoms with E-state index in [9.17, 15) is 18.0 Å². The number of carbonyl (C=O) groups is 2. The SMILES string of the molecule is Cc1cccc(N(CC(=O)N(Cc2ccc(Cl)cc2Cl)[C@H](Cc2ccccc2)C(=O)NC2CCCC2)S(=O)(=O)c2ccccc2)c1C. The number of carbonyl (C=O) groups excluding carboxylic acids is 2. The molecule has 2 amide bonds. The number of amides is 2. The topological polar surface area (TPSA) is 86.8 Å². The molecule has 0 heterocycles. The molecule has 1 fully saturated rings.